The summed E-state index contributed by atoms with van der Waals surface area (Å²) in [6.07, 6.45) is 21.7. The van der Waals surface area contributed by atoms with Gasteiger partial charge in [0.2, 0.25) is 0 Å². The summed E-state index contributed by atoms with van der Waals surface area (Å²) in [4.78, 5) is 11.5. The van der Waals surface area contributed by atoms with Crippen LogP contribution in [0.15, 0.2) is 24.3 Å². The predicted molar refractivity (Wildman–Crippen MR) is 117 cm³/mol. The van der Waals surface area contributed by atoms with Gasteiger partial charge in [0.1, 0.15) is 0 Å². The van der Waals surface area contributed by atoms with Crippen LogP contribution in [0.5, 0.6) is 0 Å². The lowest BCUT2D eigenvalue weighted by Crippen LogP contribution is -2.37. The van der Waals surface area contributed by atoms with E-state index in [9.17, 15) is 4.79 Å². The van der Waals surface area contributed by atoms with Crippen molar-refractivity contribution in [2.75, 3.05) is 6.61 Å². The normalized spacial score (nSPS) is 42.1. The van der Waals surface area contributed by atoms with Crippen molar-refractivity contribution >= 4 is 5.97 Å². The van der Waals surface area contributed by atoms with Gasteiger partial charge in [-0.25, -0.2) is 4.79 Å². The van der Waals surface area contributed by atoms with Crippen molar-refractivity contribution in [3.05, 3.63) is 24.3 Å². The maximum Gasteiger partial charge on any atom is 0.330 e. The molecule has 4 heteroatoms. The van der Waals surface area contributed by atoms with E-state index >= 15 is 0 Å². The molecule has 0 radical (unpaired) electrons. The topological polar surface area (TPSA) is 44.8 Å². The van der Waals surface area contributed by atoms with Crippen molar-refractivity contribution in [1.82, 2.24) is 0 Å². The van der Waals surface area contributed by atoms with E-state index in [-0.39, 0.29) is 18.5 Å². The summed E-state index contributed by atoms with van der Waals surface area (Å²) < 4.78 is 16.1. The zero-order chi connectivity index (χ0) is 20.9. The van der Waals surface area contributed by atoms with E-state index in [0.29, 0.717) is 18.4 Å². The SMILES string of the molecule is CCOC(=O)/C=C/C1CCC(C2CCC3CC(/C=C/C4OC(C)O4)CCC3C2)CC1. The lowest BCUT2D eigenvalue weighted by atomic mass is 9.61. The van der Waals surface area contributed by atoms with Crippen LogP contribution in [-0.4, -0.2) is 25.2 Å². The molecule has 1 aliphatic heterocycles. The highest BCUT2D eigenvalue weighted by atomic mass is 16.9. The average molecular weight is 417 g/mol. The minimum absolute atomic E-state index is 0.0330. The highest BCUT2D eigenvalue weighted by Gasteiger charge is 2.38. The highest BCUT2D eigenvalue weighted by molar-refractivity contribution is 5.81. The molecule has 4 fully saturated rings. The second-order valence-electron chi connectivity index (χ2n) is 10.0. The first kappa shape index (κ1) is 22.1. The number of rotatable bonds is 6. The number of carbonyl (C=O) groups excluding carboxylic acids is 1. The molecule has 1 heterocycles. The monoisotopic (exact) mass is 416 g/mol. The molecule has 3 aliphatic carbocycles. The predicted octanol–water partition coefficient (Wildman–Crippen LogP) is 6.02. The average Bonchev–Trinajstić information content (AvgIpc) is 2.74. The Balaban J connectivity index is 1.18. The largest absolute Gasteiger partial charge is 0.463 e. The molecule has 4 aliphatic rings. The van der Waals surface area contributed by atoms with Crippen LogP contribution in [0, 0.1) is 35.5 Å². The van der Waals surface area contributed by atoms with Gasteiger partial charge in [-0.05, 0) is 120 Å². The first-order chi connectivity index (χ1) is 14.6. The van der Waals surface area contributed by atoms with Gasteiger partial charge in [0.05, 0.1) is 6.61 Å². The standard InChI is InChI=1S/C26H40O4/c1-3-28-25(27)14-7-19-4-9-21(10-5-19)23-13-12-22-16-20(6-11-24(22)17-23)8-15-26-29-18(2)30-26/h7-8,14-15,18-24,26H,3-6,9-13,16-17H2,1-2H3/b14-7+,15-8+. The van der Waals surface area contributed by atoms with Gasteiger partial charge in [0.25, 0.3) is 0 Å². The molecule has 4 atom stereocenters. The summed E-state index contributed by atoms with van der Waals surface area (Å²) >= 11 is 0. The molecule has 4 nitrogen and oxygen atoms in total. The number of fused-ring (bicyclic) bond motifs is 1. The zero-order valence-corrected chi connectivity index (χ0v) is 18.8. The Morgan fingerprint density at radius 3 is 2.10 bits per heavy atom. The van der Waals surface area contributed by atoms with Gasteiger partial charge in [-0.2, -0.15) is 0 Å². The number of esters is 1. The van der Waals surface area contributed by atoms with Crippen LogP contribution < -0.4 is 0 Å². The quantitative estimate of drug-likeness (QED) is 0.302. The van der Waals surface area contributed by atoms with Crippen molar-refractivity contribution in [3.8, 4) is 0 Å². The van der Waals surface area contributed by atoms with Crippen molar-refractivity contribution in [2.45, 2.75) is 90.6 Å². The van der Waals surface area contributed by atoms with E-state index < -0.39 is 0 Å². The van der Waals surface area contributed by atoms with Gasteiger partial charge < -0.3 is 14.2 Å². The molecule has 0 spiro atoms. The molecular weight excluding hydrogens is 376 g/mol. The third-order valence-electron chi connectivity index (χ3n) is 8.16. The molecule has 0 aromatic carbocycles. The number of allylic oxidation sites excluding steroid dienone is 2. The Morgan fingerprint density at radius 1 is 0.800 bits per heavy atom. The van der Waals surface area contributed by atoms with Crippen molar-refractivity contribution in [1.29, 1.82) is 0 Å². The maximum atomic E-state index is 11.5. The van der Waals surface area contributed by atoms with E-state index in [1.165, 1.54) is 64.2 Å². The van der Waals surface area contributed by atoms with Crippen molar-refractivity contribution in [3.63, 3.8) is 0 Å². The van der Waals surface area contributed by atoms with E-state index in [0.717, 1.165) is 23.7 Å². The molecule has 30 heavy (non-hydrogen) atoms. The molecule has 0 aromatic heterocycles. The minimum Gasteiger partial charge on any atom is -0.463 e. The van der Waals surface area contributed by atoms with Crippen LogP contribution in [0.25, 0.3) is 0 Å². The molecule has 0 aromatic rings. The zero-order valence-electron chi connectivity index (χ0n) is 18.8. The fourth-order valence-electron chi connectivity index (χ4n) is 6.51. The molecule has 0 bridgehead atoms. The molecule has 4 unspecified atom stereocenters. The number of hydrogen-bond donors (Lipinski definition) is 0. The summed E-state index contributed by atoms with van der Waals surface area (Å²) in [5, 5.41) is 0. The lowest BCUT2D eigenvalue weighted by Gasteiger charge is -2.45. The Labute approximate surface area is 182 Å². The Kier molecular flexibility index (Phi) is 7.69. The van der Waals surface area contributed by atoms with E-state index in [1.807, 2.05) is 13.8 Å². The molecule has 168 valence electrons. The van der Waals surface area contributed by atoms with Gasteiger partial charge in [0.15, 0.2) is 12.6 Å². The van der Waals surface area contributed by atoms with Crippen LogP contribution in [0.2, 0.25) is 0 Å². The Bertz CT molecular complexity index is 613. The van der Waals surface area contributed by atoms with Gasteiger partial charge in [0, 0.05) is 6.08 Å². The molecule has 3 saturated carbocycles. The fraction of sp³-hybridized carbons (Fsp3) is 0.808. The van der Waals surface area contributed by atoms with Crippen LogP contribution in [0.3, 0.4) is 0 Å². The third kappa shape index (κ3) is 5.76. The fourth-order valence-corrected chi connectivity index (χ4v) is 6.51. The van der Waals surface area contributed by atoms with Gasteiger partial charge in [-0.3, -0.25) is 0 Å². The number of carbonyl (C=O) groups is 1. The van der Waals surface area contributed by atoms with Crippen molar-refractivity contribution < 1.29 is 19.0 Å². The first-order valence-electron chi connectivity index (χ1n) is 12.4. The lowest BCUT2D eigenvalue weighted by molar-refractivity contribution is -0.354. The van der Waals surface area contributed by atoms with Crippen LogP contribution in [0.4, 0.5) is 0 Å². The second-order valence-corrected chi connectivity index (χ2v) is 10.0. The third-order valence-corrected chi connectivity index (χ3v) is 8.16. The number of hydrogen-bond acceptors (Lipinski definition) is 4. The Morgan fingerprint density at radius 2 is 1.40 bits per heavy atom. The van der Waals surface area contributed by atoms with Gasteiger partial charge in [-0.15, -0.1) is 0 Å². The van der Waals surface area contributed by atoms with Gasteiger partial charge >= 0.3 is 5.97 Å². The summed E-state index contributed by atoms with van der Waals surface area (Å²) in [5.74, 6) is 4.81. The van der Waals surface area contributed by atoms with Crippen molar-refractivity contribution in [2.24, 2.45) is 35.5 Å². The van der Waals surface area contributed by atoms with E-state index in [1.54, 1.807) is 6.08 Å². The summed E-state index contributed by atoms with van der Waals surface area (Å²) in [6.45, 7) is 4.26. The smallest absolute Gasteiger partial charge is 0.330 e. The summed E-state index contributed by atoms with van der Waals surface area (Å²) in [7, 11) is 0. The second kappa shape index (κ2) is 10.5. The van der Waals surface area contributed by atoms with Crippen LogP contribution in [0.1, 0.15) is 78.1 Å². The minimum atomic E-state index is -0.189. The van der Waals surface area contributed by atoms with Crippen LogP contribution in [-0.2, 0) is 19.0 Å². The molecule has 0 amide bonds. The number of ether oxygens (including phenoxy) is 3. The molecule has 0 N–H and O–H groups in total. The molecular formula is C26H40O4. The van der Waals surface area contributed by atoms with E-state index in [4.69, 9.17) is 14.2 Å². The molecule has 1 saturated heterocycles. The molecule has 4 rings (SSSR count). The maximum absolute atomic E-state index is 11.5. The van der Waals surface area contributed by atoms with Gasteiger partial charge in [-0.1, -0.05) is 12.2 Å². The Hall–Kier alpha value is -1.13. The first-order valence-corrected chi connectivity index (χ1v) is 12.4. The summed E-state index contributed by atoms with van der Waals surface area (Å²) in [6, 6.07) is 0. The van der Waals surface area contributed by atoms with Crippen LogP contribution >= 0.6 is 0 Å². The van der Waals surface area contributed by atoms with E-state index in [2.05, 4.69) is 18.2 Å². The summed E-state index contributed by atoms with van der Waals surface area (Å²) in [5.41, 5.74) is 0. The highest BCUT2D eigenvalue weighted by Crippen LogP contribution is 2.49.